The molecule has 0 aliphatic carbocycles. The molecule has 6 nitrogen and oxygen atoms in total. The Kier molecular flexibility index (Phi) is 5.84. The van der Waals surface area contributed by atoms with Crippen LogP contribution in [0.1, 0.15) is 17.2 Å². The minimum absolute atomic E-state index is 0.0415. The van der Waals surface area contributed by atoms with E-state index in [1.54, 1.807) is 0 Å². The number of nitro benzene ring substituents is 1. The summed E-state index contributed by atoms with van der Waals surface area (Å²) < 4.78 is 0.940. The highest BCUT2D eigenvalue weighted by Gasteiger charge is 2.12. The summed E-state index contributed by atoms with van der Waals surface area (Å²) >= 11 is 3.33. The maximum absolute atomic E-state index is 11.9. The molecule has 2 rings (SSSR count). The molecule has 2 aromatic carbocycles. The van der Waals surface area contributed by atoms with Crippen molar-refractivity contribution in [1.29, 1.82) is 0 Å². The number of nitrogens with zero attached hydrogens (tertiary/aromatic N) is 1. The van der Waals surface area contributed by atoms with E-state index in [0.29, 0.717) is 5.56 Å². The standard InChI is InChI=1S/C16H15BrN2O4/c17-13-5-1-11(2-6-13)9-16(21)18-10-15(20)12-3-7-14(8-4-12)19(22)23/h1-8,15,20H,9-10H2,(H,18,21). The van der Waals surface area contributed by atoms with Gasteiger partial charge in [0.05, 0.1) is 17.4 Å². The highest BCUT2D eigenvalue weighted by atomic mass is 79.9. The SMILES string of the molecule is O=C(Cc1ccc(Br)cc1)NCC(O)c1ccc([N+](=O)[O-])cc1. The van der Waals surface area contributed by atoms with Crippen LogP contribution in [0.5, 0.6) is 0 Å². The van der Waals surface area contributed by atoms with Crippen molar-refractivity contribution in [3.8, 4) is 0 Å². The van der Waals surface area contributed by atoms with Crippen LogP contribution in [0.25, 0.3) is 0 Å². The number of carbonyl (C=O) groups is 1. The van der Waals surface area contributed by atoms with E-state index in [2.05, 4.69) is 21.2 Å². The Labute approximate surface area is 141 Å². The van der Waals surface area contributed by atoms with Crippen LogP contribution in [-0.4, -0.2) is 22.5 Å². The lowest BCUT2D eigenvalue weighted by Gasteiger charge is -2.12. The molecule has 23 heavy (non-hydrogen) atoms. The molecular weight excluding hydrogens is 364 g/mol. The molecule has 1 unspecified atom stereocenters. The third-order valence-corrected chi connectivity index (χ3v) is 3.79. The fourth-order valence-electron chi connectivity index (χ4n) is 2.00. The Morgan fingerprint density at radius 1 is 1.17 bits per heavy atom. The molecular formula is C16H15BrN2O4. The van der Waals surface area contributed by atoms with E-state index in [9.17, 15) is 20.0 Å². The predicted molar refractivity (Wildman–Crippen MR) is 88.9 cm³/mol. The number of carbonyl (C=O) groups excluding carboxylic acids is 1. The second-order valence-electron chi connectivity index (χ2n) is 4.97. The molecule has 0 saturated carbocycles. The van der Waals surface area contributed by atoms with Crippen molar-refractivity contribution >= 4 is 27.5 Å². The smallest absolute Gasteiger partial charge is 0.269 e. The lowest BCUT2D eigenvalue weighted by molar-refractivity contribution is -0.384. The van der Waals surface area contributed by atoms with Crippen molar-refractivity contribution in [3.05, 3.63) is 74.2 Å². The normalized spacial score (nSPS) is 11.7. The maximum Gasteiger partial charge on any atom is 0.269 e. The van der Waals surface area contributed by atoms with E-state index in [1.807, 2.05) is 24.3 Å². The second-order valence-corrected chi connectivity index (χ2v) is 5.89. The van der Waals surface area contributed by atoms with Gasteiger partial charge in [0.15, 0.2) is 0 Å². The predicted octanol–water partition coefficient (Wildman–Crippen LogP) is 2.75. The summed E-state index contributed by atoms with van der Waals surface area (Å²) in [5, 5.41) is 23.2. The van der Waals surface area contributed by atoms with Gasteiger partial charge in [-0.3, -0.25) is 14.9 Å². The Bertz CT molecular complexity index is 686. The van der Waals surface area contributed by atoms with Crippen molar-refractivity contribution in [2.24, 2.45) is 0 Å². The van der Waals surface area contributed by atoms with Crippen LogP contribution in [0, 0.1) is 10.1 Å². The van der Waals surface area contributed by atoms with E-state index in [-0.39, 0.29) is 24.6 Å². The molecule has 2 aromatic rings. The Morgan fingerprint density at radius 2 is 1.78 bits per heavy atom. The number of halogens is 1. The third kappa shape index (κ3) is 5.15. The molecule has 0 aliphatic heterocycles. The second kappa shape index (κ2) is 7.85. The number of nitro groups is 1. The third-order valence-electron chi connectivity index (χ3n) is 3.26. The number of non-ortho nitro benzene ring substituents is 1. The van der Waals surface area contributed by atoms with Crippen molar-refractivity contribution in [2.45, 2.75) is 12.5 Å². The van der Waals surface area contributed by atoms with E-state index >= 15 is 0 Å². The number of nitrogens with one attached hydrogen (secondary N) is 1. The van der Waals surface area contributed by atoms with Gasteiger partial charge in [-0.2, -0.15) is 0 Å². The maximum atomic E-state index is 11.9. The zero-order chi connectivity index (χ0) is 16.8. The molecule has 120 valence electrons. The number of amides is 1. The molecule has 0 spiro atoms. The van der Waals surface area contributed by atoms with Gasteiger partial charge in [-0.15, -0.1) is 0 Å². The molecule has 0 aromatic heterocycles. The summed E-state index contributed by atoms with van der Waals surface area (Å²) in [6.07, 6.45) is -0.690. The minimum Gasteiger partial charge on any atom is -0.387 e. The first kappa shape index (κ1) is 17.1. The molecule has 0 heterocycles. The largest absolute Gasteiger partial charge is 0.387 e. The zero-order valence-electron chi connectivity index (χ0n) is 12.1. The van der Waals surface area contributed by atoms with Crippen LogP contribution in [0.2, 0.25) is 0 Å². The minimum atomic E-state index is -0.912. The molecule has 0 radical (unpaired) electrons. The van der Waals surface area contributed by atoms with Crippen LogP contribution < -0.4 is 5.32 Å². The Balaban J connectivity index is 1.85. The summed E-state index contributed by atoms with van der Waals surface area (Å²) in [5.74, 6) is -0.201. The van der Waals surface area contributed by atoms with Gasteiger partial charge in [0.1, 0.15) is 0 Å². The molecule has 0 saturated heterocycles. The van der Waals surface area contributed by atoms with Gasteiger partial charge in [0.2, 0.25) is 5.91 Å². The lowest BCUT2D eigenvalue weighted by Crippen LogP contribution is -2.29. The van der Waals surface area contributed by atoms with E-state index in [4.69, 9.17) is 0 Å². The van der Waals surface area contributed by atoms with Crippen LogP contribution in [0.3, 0.4) is 0 Å². The van der Waals surface area contributed by atoms with E-state index in [1.165, 1.54) is 24.3 Å². The first-order valence-electron chi connectivity index (χ1n) is 6.89. The quantitative estimate of drug-likeness (QED) is 0.596. The zero-order valence-corrected chi connectivity index (χ0v) is 13.7. The molecule has 1 amide bonds. The van der Waals surface area contributed by atoms with Crippen LogP contribution in [0.4, 0.5) is 5.69 Å². The van der Waals surface area contributed by atoms with Crippen LogP contribution in [0.15, 0.2) is 53.0 Å². The molecule has 0 bridgehead atoms. The molecule has 2 N–H and O–H groups in total. The monoisotopic (exact) mass is 378 g/mol. The van der Waals surface area contributed by atoms with Crippen molar-refractivity contribution in [2.75, 3.05) is 6.54 Å². The van der Waals surface area contributed by atoms with E-state index < -0.39 is 11.0 Å². The average Bonchev–Trinajstić information content (AvgIpc) is 2.55. The average molecular weight is 379 g/mol. The number of hydrogen-bond donors (Lipinski definition) is 2. The number of aliphatic hydroxyl groups excluding tert-OH is 1. The molecule has 7 heteroatoms. The van der Waals surface area contributed by atoms with Crippen molar-refractivity contribution < 1.29 is 14.8 Å². The summed E-state index contributed by atoms with van der Waals surface area (Å²) in [7, 11) is 0. The van der Waals surface area contributed by atoms with Gasteiger partial charge in [-0.1, -0.05) is 28.1 Å². The van der Waals surface area contributed by atoms with Crippen molar-refractivity contribution in [1.82, 2.24) is 5.32 Å². The highest BCUT2D eigenvalue weighted by molar-refractivity contribution is 9.10. The van der Waals surface area contributed by atoms with E-state index in [0.717, 1.165) is 10.0 Å². The van der Waals surface area contributed by atoms with Crippen LogP contribution >= 0.6 is 15.9 Å². The van der Waals surface area contributed by atoms with Gasteiger partial charge >= 0.3 is 0 Å². The summed E-state index contributed by atoms with van der Waals surface area (Å²) in [6.45, 7) is 0.0488. The van der Waals surface area contributed by atoms with Gasteiger partial charge < -0.3 is 10.4 Å². The van der Waals surface area contributed by atoms with Gasteiger partial charge in [0, 0.05) is 23.2 Å². The number of rotatable bonds is 6. The molecule has 1 atom stereocenters. The Morgan fingerprint density at radius 3 is 2.35 bits per heavy atom. The Hall–Kier alpha value is -2.25. The van der Waals surface area contributed by atoms with Crippen LogP contribution in [-0.2, 0) is 11.2 Å². The summed E-state index contributed by atoms with van der Waals surface area (Å²) in [4.78, 5) is 21.9. The fourth-order valence-corrected chi connectivity index (χ4v) is 2.26. The molecule has 0 fully saturated rings. The van der Waals surface area contributed by atoms with Gasteiger partial charge in [0.25, 0.3) is 5.69 Å². The lowest BCUT2D eigenvalue weighted by atomic mass is 10.1. The highest BCUT2D eigenvalue weighted by Crippen LogP contribution is 2.17. The summed E-state index contributed by atoms with van der Waals surface area (Å²) in [5.41, 5.74) is 1.34. The van der Waals surface area contributed by atoms with Gasteiger partial charge in [-0.25, -0.2) is 0 Å². The molecule has 0 aliphatic rings. The topological polar surface area (TPSA) is 92.5 Å². The number of benzene rings is 2. The first-order valence-corrected chi connectivity index (χ1v) is 7.68. The first-order chi connectivity index (χ1) is 11.0. The van der Waals surface area contributed by atoms with Gasteiger partial charge in [-0.05, 0) is 35.4 Å². The number of aliphatic hydroxyl groups is 1. The summed E-state index contributed by atoms with van der Waals surface area (Å²) in [6, 6.07) is 13.0. The van der Waals surface area contributed by atoms with Crippen molar-refractivity contribution in [3.63, 3.8) is 0 Å². The number of hydrogen-bond acceptors (Lipinski definition) is 4. The fraction of sp³-hybridized carbons (Fsp3) is 0.188.